The SMILES string of the molecule is Cc1cc2ccccc2cc1C(C)(C)c1cc(C(C)(C)C)cc(C(C)(C)C)c1C. The van der Waals surface area contributed by atoms with E-state index in [1.165, 1.54) is 44.2 Å². The molecule has 0 bridgehead atoms. The molecule has 0 unspecified atom stereocenters. The lowest BCUT2D eigenvalue weighted by atomic mass is 9.69. The first-order chi connectivity index (χ1) is 13.2. The number of hydrogen-bond acceptors (Lipinski definition) is 0. The summed E-state index contributed by atoms with van der Waals surface area (Å²) in [4.78, 5) is 0. The molecule has 0 spiro atoms. The first-order valence-electron chi connectivity index (χ1n) is 10.9. The molecular formula is C29H38. The van der Waals surface area contributed by atoms with Gasteiger partial charge in [-0.25, -0.2) is 0 Å². The molecule has 0 saturated carbocycles. The van der Waals surface area contributed by atoms with Crippen LogP contribution in [0.2, 0.25) is 0 Å². The number of benzene rings is 3. The summed E-state index contributed by atoms with van der Waals surface area (Å²) in [6.07, 6.45) is 0. The summed E-state index contributed by atoms with van der Waals surface area (Å²) in [7, 11) is 0. The van der Waals surface area contributed by atoms with Gasteiger partial charge in [-0.3, -0.25) is 0 Å². The summed E-state index contributed by atoms with van der Waals surface area (Å²) in [5.41, 5.74) is 8.74. The molecule has 0 nitrogen and oxygen atoms in total. The molecule has 0 aliphatic carbocycles. The minimum Gasteiger partial charge on any atom is -0.0616 e. The van der Waals surface area contributed by atoms with Crippen molar-refractivity contribution in [2.45, 2.75) is 85.5 Å². The van der Waals surface area contributed by atoms with Crippen LogP contribution in [0.4, 0.5) is 0 Å². The maximum atomic E-state index is 2.47. The summed E-state index contributed by atoms with van der Waals surface area (Å²) >= 11 is 0. The molecule has 3 aromatic carbocycles. The molecule has 0 heteroatoms. The average Bonchev–Trinajstić information content (AvgIpc) is 2.58. The average molecular weight is 387 g/mol. The number of hydrogen-bond donors (Lipinski definition) is 0. The molecule has 29 heavy (non-hydrogen) atoms. The van der Waals surface area contributed by atoms with Crippen LogP contribution in [0.5, 0.6) is 0 Å². The molecule has 0 aliphatic rings. The van der Waals surface area contributed by atoms with Gasteiger partial charge in [0, 0.05) is 5.41 Å². The topological polar surface area (TPSA) is 0 Å². The predicted octanol–water partition coefficient (Wildman–Crippen LogP) is 8.38. The van der Waals surface area contributed by atoms with Gasteiger partial charge in [-0.05, 0) is 68.8 Å². The van der Waals surface area contributed by atoms with Gasteiger partial charge in [-0.2, -0.15) is 0 Å². The van der Waals surface area contributed by atoms with E-state index >= 15 is 0 Å². The van der Waals surface area contributed by atoms with E-state index in [9.17, 15) is 0 Å². The smallest absolute Gasteiger partial charge is 0.0152 e. The van der Waals surface area contributed by atoms with Crippen molar-refractivity contribution in [1.29, 1.82) is 0 Å². The van der Waals surface area contributed by atoms with Crippen LogP contribution in [0, 0.1) is 13.8 Å². The summed E-state index contributed by atoms with van der Waals surface area (Å²) in [5.74, 6) is 0. The second-order valence-corrected chi connectivity index (χ2v) is 11.3. The lowest BCUT2D eigenvalue weighted by Gasteiger charge is -2.35. The highest BCUT2D eigenvalue weighted by atomic mass is 14.4. The third-order valence-corrected chi connectivity index (χ3v) is 6.52. The minimum absolute atomic E-state index is 0.0700. The molecule has 0 amide bonds. The van der Waals surface area contributed by atoms with E-state index in [-0.39, 0.29) is 16.2 Å². The molecule has 0 aromatic heterocycles. The predicted molar refractivity (Wildman–Crippen MR) is 129 cm³/mol. The van der Waals surface area contributed by atoms with Gasteiger partial charge in [-0.15, -0.1) is 0 Å². The summed E-state index contributed by atoms with van der Waals surface area (Å²) in [6, 6.07) is 18.4. The van der Waals surface area contributed by atoms with Crippen molar-refractivity contribution in [3.8, 4) is 0 Å². The Kier molecular flexibility index (Phi) is 5.23. The third kappa shape index (κ3) is 4.00. The van der Waals surface area contributed by atoms with E-state index < -0.39 is 0 Å². The Hall–Kier alpha value is -2.08. The molecule has 154 valence electrons. The minimum atomic E-state index is -0.0700. The highest BCUT2D eigenvalue weighted by Gasteiger charge is 2.31. The van der Waals surface area contributed by atoms with E-state index in [1.54, 1.807) is 0 Å². The van der Waals surface area contributed by atoms with Crippen molar-refractivity contribution in [2.75, 3.05) is 0 Å². The second-order valence-electron chi connectivity index (χ2n) is 11.3. The Morgan fingerprint density at radius 2 is 1.07 bits per heavy atom. The first-order valence-corrected chi connectivity index (χ1v) is 10.9. The van der Waals surface area contributed by atoms with Crippen molar-refractivity contribution in [3.05, 3.63) is 81.9 Å². The van der Waals surface area contributed by atoms with Gasteiger partial charge >= 0.3 is 0 Å². The Bertz CT molecular complexity index is 1050. The van der Waals surface area contributed by atoms with Crippen LogP contribution in [0.25, 0.3) is 10.8 Å². The highest BCUT2D eigenvalue weighted by molar-refractivity contribution is 5.84. The normalized spacial score (nSPS) is 13.2. The van der Waals surface area contributed by atoms with Crippen LogP contribution < -0.4 is 0 Å². The van der Waals surface area contributed by atoms with Crippen LogP contribution in [-0.4, -0.2) is 0 Å². The zero-order valence-electron chi connectivity index (χ0n) is 20.1. The van der Waals surface area contributed by atoms with Gasteiger partial charge in [0.1, 0.15) is 0 Å². The van der Waals surface area contributed by atoms with Crippen molar-refractivity contribution in [2.24, 2.45) is 0 Å². The summed E-state index contributed by atoms with van der Waals surface area (Å²) in [6.45, 7) is 23.3. The number of fused-ring (bicyclic) bond motifs is 1. The van der Waals surface area contributed by atoms with Crippen molar-refractivity contribution >= 4 is 10.8 Å². The fourth-order valence-electron chi connectivity index (χ4n) is 4.75. The fraction of sp³-hybridized carbons (Fsp3) is 0.448. The van der Waals surface area contributed by atoms with Crippen molar-refractivity contribution < 1.29 is 0 Å². The van der Waals surface area contributed by atoms with E-state index in [1.807, 2.05) is 0 Å². The monoisotopic (exact) mass is 386 g/mol. The lowest BCUT2D eigenvalue weighted by molar-refractivity contribution is 0.553. The molecule has 0 saturated heterocycles. The Morgan fingerprint density at radius 3 is 1.59 bits per heavy atom. The van der Waals surface area contributed by atoms with Gasteiger partial charge in [0.25, 0.3) is 0 Å². The highest BCUT2D eigenvalue weighted by Crippen LogP contribution is 2.42. The number of rotatable bonds is 2. The standard InChI is InChI=1S/C29H38/c1-19-15-21-13-11-12-14-22(21)16-24(19)29(9,10)26-18-23(27(3,4)5)17-25(20(26)2)28(6,7)8/h11-18H,1-10H3. The molecule has 0 aliphatic heterocycles. The second kappa shape index (κ2) is 7.01. The van der Waals surface area contributed by atoms with Crippen LogP contribution in [0.15, 0.2) is 48.5 Å². The third-order valence-electron chi connectivity index (χ3n) is 6.52. The van der Waals surface area contributed by atoms with Gasteiger partial charge in [-0.1, -0.05) is 104 Å². The van der Waals surface area contributed by atoms with E-state index in [4.69, 9.17) is 0 Å². The molecule has 3 rings (SSSR count). The van der Waals surface area contributed by atoms with Gasteiger partial charge in [0.2, 0.25) is 0 Å². The van der Waals surface area contributed by atoms with Gasteiger partial charge in [0.05, 0.1) is 0 Å². The molecule has 0 atom stereocenters. The maximum absolute atomic E-state index is 2.47. The summed E-state index contributed by atoms with van der Waals surface area (Å²) in [5, 5.41) is 2.64. The quantitative estimate of drug-likeness (QED) is 0.415. The Balaban J connectivity index is 2.32. The maximum Gasteiger partial charge on any atom is 0.0152 e. The molecular weight excluding hydrogens is 348 g/mol. The van der Waals surface area contributed by atoms with Crippen LogP contribution >= 0.6 is 0 Å². The van der Waals surface area contributed by atoms with Crippen molar-refractivity contribution in [3.63, 3.8) is 0 Å². The fourth-order valence-corrected chi connectivity index (χ4v) is 4.75. The zero-order chi connectivity index (χ0) is 21.8. The van der Waals surface area contributed by atoms with E-state index in [2.05, 4.69) is 118 Å². The van der Waals surface area contributed by atoms with E-state index in [0.717, 1.165) is 0 Å². The van der Waals surface area contributed by atoms with Gasteiger partial charge in [0.15, 0.2) is 0 Å². The number of aryl methyl sites for hydroxylation is 1. The molecule has 0 radical (unpaired) electrons. The summed E-state index contributed by atoms with van der Waals surface area (Å²) < 4.78 is 0. The van der Waals surface area contributed by atoms with E-state index in [0.29, 0.717) is 0 Å². The molecule has 0 N–H and O–H groups in total. The zero-order valence-corrected chi connectivity index (χ0v) is 20.1. The first kappa shape index (κ1) is 21.6. The Morgan fingerprint density at radius 1 is 0.552 bits per heavy atom. The van der Waals surface area contributed by atoms with Crippen LogP contribution in [0.1, 0.15) is 88.8 Å². The molecule has 0 heterocycles. The van der Waals surface area contributed by atoms with Crippen LogP contribution in [0.3, 0.4) is 0 Å². The van der Waals surface area contributed by atoms with Crippen molar-refractivity contribution in [1.82, 2.24) is 0 Å². The molecule has 3 aromatic rings. The lowest BCUT2D eigenvalue weighted by Crippen LogP contribution is -2.26. The van der Waals surface area contributed by atoms with Crippen LogP contribution in [-0.2, 0) is 16.2 Å². The Labute approximate surface area is 178 Å². The molecule has 0 fully saturated rings. The largest absolute Gasteiger partial charge is 0.0616 e. The van der Waals surface area contributed by atoms with Gasteiger partial charge < -0.3 is 0 Å².